The Hall–Kier alpha value is -2.56. The first-order chi connectivity index (χ1) is 11.6. The Labute approximate surface area is 140 Å². The van der Waals surface area contributed by atoms with E-state index < -0.39 is 0 Å². The summed E-state index contributed by atoms with van der Waals surface area (Å²) in [6, 6.07) is 11.6. The maximum atomic E-state index is 12.6. The molecule has 24 heavy (non-hydrogen) atoms. The molecule has 2 unspecified atom stereocenters. The number of pyridine rings is 1. The Morgan fingerprint density at radius 3 is 2.71 bits per heavy atom. The number of fused-ring (bicyclic) bond motifs is 2. The number of rotatable bonds is 3. The molecule has 2 bridgehead atoms. The molecule has 1 aliphatic carbocycles. The van der Waals surface area contributed by atoms with E-state index in [0.29, 0.717) is 11.6 Å². The molecule has 124 valence electrons. The van der Waals surface area contributed by atoms with E-state index in [0.717, 1.165) is 23.8 Å². The van der Waals surface area contributed by atoms with E-state index in [1.165, 1.54) is 29.9 Å². The van der Waals surface area contributed by atoms with Gasteiger partial charge in [-0.2, -0.15) is 0 Å². The van der Waals surface area contributed by atoms with E-state index in [1.54, 1.807) is 19.3 Å². The van der Waals surface area contributed by atoms with Crippen molar-refractivity contribution in [2.45, 2.75) is 25.3 Å². The highest BCUT2D eigenvalue weighted by atomic mass is 16.2. The highest BCUT2D eigenvalue weighted by molar-refractivity contribution is 6.05. The van der Waals surface area contributed by atoms with Crippen molar-refractivity contribution in [3.8, 4) is 0 Å². The molecule has 1 saturated carbocycles. The normalized spacial score (nSPS) is 22.0. The van der Waals surface area contributed by atoms with Crippen LogP contribution in [-0.4, -0.2) is 23.1 Å². The SMILES string of the molecule is Cn1cc(C(=O)Nc2ccccc2N2CC3CCC2C3)ccc1=O. The minimum absolute atomic E-state index is 0.125. The van der Waals surface area contributed by atoms with Crippen LogP contribution in [-0.2, 0) is 7.05 Å². The van der Waals surface area contributed by atoms with Crippen LogP contribution in [0.5, 0.6) is 0 Å². The zero-order valence-corrected chi connectivity index (χ0v) is 13.7. The van der Waals surface area contributed by atoms with Crippen LogP contribution in [0.25, 0.3) is 0 Å². The summed E-state index contributed by atoms with van der Waals surface area (Å²) in [6.45, 7) is 1.08. The average molecular weight is 323 g/mol. The Morgan fingerprint density at radius 1 is 1.17 bits per heavy atom. The quantitative estimate of drug-likeness (QED) is 0.945. The monoisotopic (exact) mass is 323 g/mol. The fraction of sp³-hybridized carbons (Fsp3) is 0.368. The fourth-order valence-electron chi connectivity index (χ4n) is 3.97. The largest absolute Gasteiger partial charge is 0.367 e. The number of carbonyl (C=O) groups excluding carboxylic acids is 1. The number of nitrogens with zero attached hydrogens (tertiary/aromatic N) is 2. The van der Waals surface area contributed by atoms with Gasteiger partial charge < -0.3 is 14.8 Å². The minimum Gasteiger partial charge on any atom is -0.367 e. The molecule has 2 heterocycles. The molecular weight excluding hydrogens is 302 g/mol. The van der Waals surface area contributed by atoms with Gasteiger partial charge in [0, 0.05) is 31.9 Å². The maximum Gasteiger partial charge on any atom is 0.257 e. The third-order valence-electron chi connectivity index (χ3n) is 5.22. The Kier molecular flexibility index (Phi) is 3.63. The Bertz CT molecular complexity index is 843. The maximum absolute atomic E-state index is 12.6. The van der Waals surface area contributed by atoms with E-state index in [9.17, 15) is 9.59 Å². The van der Waals surface area contributed by atoms with E-state index >= 15 is 0 Å². The average Bonchev–Trinajstić information content (AvgIpc) is 3.21. The first-order valence-electron chi connectivity index (χ1n) is 8.45. The van der Waals surface area contributed by atoms with Gasteiger partial charge in [-0.05, 0) is 43.4 Å². The lowest BCUT2D eigenvalue weighted by Gasteiger charge is -2.31. The van der Waals surface area contributed by atoms with Crippen molar-refractivity contribution in [1.29, 1.82) is 0 Å². The van der Waals surface area contributed by atoms with Crippen molar-refractivity contribution >= 4 is 17.3 Å². The minimum atomic E-state index is -0.192. The molecule has 1 N–H and O–H groups in total. The molecule has 1 aromatic heterocycles. The molecule has 2 fully saturated rings. The third-order valence-corrected chi connectivity index (χ3v) is 5.22. The number of amides is 1. The molecule has 1 aliphatic heterocycles. The number of aryl methyl sites for hydroxylation is 1. The van der Waals surface area contributed by atoms with Gasteiger partial charge in [-0.15, -0.1) is 0 Å². The number of piperidine rings is 1. The number of nitrogens with one attached hydrogen (secondary N) is 1. The summed E-state index contributed by atoms with van der Waals surface area (Å²) >= 11 is 0. The zero-order valence-electron chi connectivity index (χ0n) is 13.7. The van der Waals surface area contributed by atoms with Gasteiger partial charge in [0.2, 0.25) is 5.56 Å². The summed E-state index contributed by atoms with van der Waals surface area (Å²) in [5.41, 5.74) is 2.29. The lowest BCUT2D eigenvalue weighted by molar-refractivity contribution is 0.102. The predicted molar refractivity (Wildman–Crippen MR) is 94.6 cm³/mol. The smallest absolute Gasteiger partial charge is 0.257 e. The lowest BCUT2D eigenvalue weighted by atomic mass is 10.1. The summed E-state index contributed by atoms with van der Waals surface area (Å²) in [5.74, 6) is 0.602. The van der Waals surface area contributed by atoms with Crippen molar-refractivity contribution in [2.24, 2.45) is 13.0 Å². The van der Waals surface area contributed by atoms with Gasteiger partial charge >= 0.3 is 0 Å². The number of hydrogen-bond donors (Lipinski definition) is 1. The van der Waals surface area contributed by atoms with E-state index in [1.807, 2.05) is 18.2 Å². The number of aromatic nitrogens is 1. The van der Waals surface area contributed by atoms with Crippen LogP contribution in [0.4, 0.5) is 11.4 Å². The third kappa shape index (κ3) is 2.60. The van der Waals surface area contributed by atoms with Gasteiger partial charge in [-0.1, -0.05) is 12.1 Å². The van der Waals surface area contributed by atoms with Gasteiger partial charge in [0.25, 0.3) is 5.91 Å². The second-order valence-corrected chi connectivity index (χ2v) is 6.82. The van der Waals surface area contributed by atoms with E-state index in [2.05, 4.69) is 16.3 Å². The van der Waals surface area contributed by atoms with Crippen molar-refractivity contribution in [3.63, 3.8) is 0 Å². The molecule has 1 saturated heterocycles. The molecular formula is C19H21N3O2. The molecule has 1 amide bonds. The molecule has 2 aliphatic rings. The summed E-state index contributed by atoms with van der Waals surface area (Å²) in [4.78, 5) is 26.5. The first kappa shape index (κ1) is 15.0. The zero-order chi connectivity index (χ0) is 16.7. The second kappa shape index (κ2) is 5.82. The second-order valence-electron chi connectivity index (χ2n) is 6.82. The number of carbonyl (C=O) groups is 1. The van der Waals surface area contributed by atoms with Gasteiger partial charge in [0.05, 0.1) is 16.9 Å². The summed E-state index contributed by atoms with van der Waals surface area (Å²) in [7, 11) is 1.65. The van der Waals surface area contributed by atoms with Gasteiger partial charge in [-0.3, -0.25) is 9.59 Å². The number of benzene rings is 1. The Balaban J connectivity index is 1.59. The molecule has 5 heteroatoms. The van der Waals surface area contributed by atoms with Crippen molar-refractivity contribution in [3.05, 3.63) is 58.5 Å². The van der Waals surface area contributed by atoms with Gasteiger partial charge in [0.1, 0.15) is 0 Å². The van der Waals surface area contributed by atoms with Gasteiger partial charge in [0.15, 0.2) is 0 Å². The van der Waals surface area contributed by atoms with Gasteiger partial charge in [-0.25, -0.2) is 0 Å². The number of hydrogen-bond acceptors (Lipinski definition) is 3. The first-order valence-corrected chi connectivity index (χ1v) is 8.45. The van der Waals surface area contributed by atoms with Crippen molar-refractivity contribution in [2.75, 3.05) is 16.8 Å². The molecule has 4 rings (SSSR count). The highest BCUT2D eigenvalue weighted by Crippen LogP contribution is 2.42. The van der Waals surface area contributed by atoms with Crippen molar-refractivity contribution < 1.29 is 4.79 Å². The Morgan fingerprint density at radius 2 is 2.00 bits per heavy atom. The standard InChI is InChI=1S/C19H21N3O2/c1-21-12-14(7-9-18(21)23)19(24)20-16-4-2-3-5-17(16)22-11-13-6-8-15(22)10-13/h2-5,7,9,12-13,15H,6,8,10-11H2,1H3,(H,20,24). The van der Waals surface area contributed by atoms with Crippen LogP contribution < -0.4 is 15.8 Å². The van der Waals surface area contributed by atoms with E-state index in [-0.39, 0.29) is 11.5 Å². The van der Waals surface area contributed by atoms with Crippen LogP contribution in [0.1, 0.15) is 29.6 Å². The van der Waals surface area contributed by atoms with E-state index in [4.69, 9.17) is 0 Å². The molecule has 2 aromatic rings. The van der Waals surface area contributed by atoms with Crippen LogP contribution in [0.15, 0.2) is 47.4 Å². The van der Waals surface area contributed by atoms with Crippen molar-refractivity contribution in [1.82, 2.24) is 4.57 Å². The summed E-state index contributed by atoms with van der Waals surface area (Å²) < 4.78 is 1.42. The van der Waals surface area contributed by atoms with Crippen LogP contribution in [0.3, 0.4) is 0 Å². The van der Waals surface area contributed by atoms with Crippen LogP contribution in [0, 0.1) is 5.92 Å². The molecule has 2 atom stereocenters. The lowest BCUT2D eigenvalue weighted by Crippen LogP contribution is -2.32. The molecule has 1 aromatic carbocycles. The summed E-state index contributed by atoms with van der Waals surface area (Å²) in [6.07, 6.45) is 5.41. The highest BCUT2D eigenvalue weighted by Gasteiger charge is 2.38. The fourth-order valence-corrected chi connectivity index (χ4v) is 3.97. The number of anilines is 2. The number of para-hydroxylation sites is 2. The predicted octanol–water partition coefficient (Wildman–Crippen LogP) is 2.63. The summed E-state index contributed by atoms with van der Waals surface area (Å²) in [5, 5.41) is 3.01. The molecule has 0 radical (unpaired) electrons. The molecule has 0 spiro atoms. The van der Waals surface area contributed by atoms with Crippen LogP contribution in [0.2, 0.25) is 0 Å². The van der Waals surface area contributed by atoms with Crippen LogP contribution >= 0.6 is 0 Å². The topological polar surface area (TPSA) is 54.3 Å². The molecule has 5 nitrogen and oxygen atoms in total.